The Morgan fingerprint density at radius 3 is 2.52 bits per heavy atom. The lowest BCUT2D eigenvalue weighted by Crippen LogP contribution is -2.27. The predicted octanol–water partition coefficient (Wildman–Crippen LogP) is 3.52. The zero-order chi connectivity index (χ0) is 20.4. The number of hydrogen-bond acceptors (Lipinski definition) is 5. The highest BCUT2D eigenvalue weighted by Crippen LogP contribution is 2.23. The molecule has 0 N–H and O–H groups in total. The molecule has 29 heavy (non-hydrogen) atoms. The highest BCUT2D eigenvalue weighted by molar-refractivity contribution is 7.89. The van der Waals surface area contributed by atoms with E-state index >= 15 is 0 Å². The number of nitrogens with zero attached hydrogens (tertiary/aromatic N) is 2. The van der Waals surface area contributed by atoms with Crippen LogP contribution in [0.2, 0.25) is 0 Å². The second kappa shape index (κ2) is 7.88. The average Bonchev–Trinajstić information content (AvgIpc) is 3.29. The van der Waals surface area contributed by atoms with Crippen molar-refractivity contribution in [2.45, 2.75) is 24.3 Å². The van der Waals surface area contributed by atoms with Crippen molar-refractivity contribution in [3.8, 4) is 0 Å². The van der Waals surface area contributed by atoms with Gasteiger partial charge >= 0.3 is 5.97 Å². The van der Waals surface area contributed by atoms with E-state index in [1.54, 1.807) is 18.3 Å². The normalized spacial score (nSPS) is 14.9. The van der Waals surface area contributed by atoms with Crippen molar-refractivity contribution in [1.82, 2.24) is 9.29 Å². The van der Waals surface area contributed by atoms with Crippen molar-refractivity contribution in [2.75, 3.05) is 13.1 Å². The quantitative estimate of drug-likeness (QED) is 0.597. The maximum atomic E-state index is 13.9. The monoisotopic (exact) mass is 414 g/mol. The standard InChI is InChI=1S/C21H19FN2O4S/c22-19-10-7-16(20-18(19)4-3-11-23-20)14-28-21(25)15-5-8-17(9-6-15)29(26,27)24-12-1-2-13-24/h3-11H,1-2,12-14H2. The zero-order valence-electron chi connectivity index (χ0n) is 15.5. The van der Waals surface area contributed by atoms with Crippen LogP contribution in [0.25, 0.3) is 10.9 Å². The van der Waals surface area contributed by atoms with Gasteiger partial charge in [-0.25, -0.2) is 17.6 Å². The molecule has 8 heteroatoms. The molecule has 0 saturated carbocycles. The Morgan fingerprint density at radius 1 is 1.07 bits per heavy atom. The third kappa shape index (κ3) is 3.86. The van der Waals surface area contributed by atoms with Gasteiger partial charge in [-0.1, -0.05) is 6.07 Å². The molecule has 1 aromatic heterocycles. The molecule has 0 radical (unpaired) electrons. The summed E-state index contributed by atoms with van der Waals surface area (Å²) in [4.78, 5) is 16.7. The first-order valence-corrected chi connectivity index (χ1v) is 10.7. The van der Waals surface area contributed by atoms with Crippen LogP contribution in [-0.2, 0) is 21.4 Å². The lowest BCUT2D eigenvalue weighted by atomic mass is 10.1. The molecule has 2 aromatic carbocycles. The van der Waals surface area contributed by atoms with E-state index in [0.29, 0.717) is 29.6 Å². The second-order valence-electron chi connectivity index (χ2n) is 6.82. The Hall–Kier alpha value is -2.84. The molecule has 150 valence electrons. The molecule has 1 aliphatic rings. The molecule has 0 atom stereocenters. The predicted molar refractivity (Wildman–Crippen MR) is 105 cm³/mol. The molecule has 1 fully saturated rings. The van der Waals surface area contributed by atoms with Crippen molar-refractivity contribution in [2.24, 2.45) is 0 Å². The Bertz CT molecular complexity index is 1160. The van der Waals surface area contributed by atoms with Crippen molar-refractivity contribution in [3.63, 3.8) is 0 Å². The van der Waals surface area contributed by atoms with Gasteiger partial charge in [-0.15, -0.1) is 0 Å². The van der Waals surface area contributed by atoms with Crippen LogP contribution in [0.15, 0.2) is 59.6 Å². The molecule has 0 aliphatic carbocycles. The van der Waals surface area contributed by atoms with Crippen molar-refractivity contribution in [1.29, 1.82) is 0 Å². The maximum absolute atomic E-state index is 13.9. The van der Waals surface area contributed by atoms with E-state index in [9.17, 15) is 17.6 Å². The molecular weight excluding hydrogens is 395 g/mol. The fraction of sp³-hybridized carbons (Fsp3) is 0.238. The summed E-state index contributed by atoms with van der Waals surface area (Å²) >= 11 is 0. The van der Waals surface area contributed by atoms with Crippen LogP contribution in [0, 0.1) is 5.82 Å². The van der Waals surface area contributed by atoms with Crippen LogP contribution < -0.4 is 0 Å². The van der Waals surface area contributed by atoms with Crippen molar-refractivity contribution in [3.05, 3.63) is 71.7 Å². The first-order valence-electron chi connectivity index (χ1n) is 9.26. The lowest BCUT2D eigenvalue weighted by Gasteiger charge is -2.15. The molecule has 0 unspecified atom stereocenters. The number of esters is 1. The number of halogens is 1. The molecule has 3 aromatic rings. The van der Waals surface area contributed by atoms with Crippen LogP contribution in [0.3, 0.4) is 0 Å². The first-order chi connectivity index (χ1) is 14.0. The minimum atomic E-state index is -3.53. The van der Waals surface area contributed by atoms with Gasteiger partial charge in [0, 0.05) is 30.2 Å². The third-order valence-corrected chi connectivity index (χ3v) is 6.86. The van der Waals surface area contributed by atoms with Crippen LogP contribution in [0.5, 0.6) is 0 Å². The van der Waals surface area contributed by atoms with Crippen LogP contribution in [0.1, 0.15) is 28.8 Å². The first kappa shape index (κ1) is 19.5. The molecule has 1 saturated heterocycles. The topological polar surface area (TPSA) is 76.6 Å². The molecule has 0 spiro atoms. The highest BCUT2D eigenvalue weighted by atomic mass is 32.2. The van der Waals surface area contributed by atoms with E-state index in [-0.39, 0.29) is 17.1 Å². The van der Waals surface area contributed by atoms with Crippen molar-refractivity contribution >= 4 is 26.9 Å². The Labute approximate surface area is 168 Å². The Kier molecular flexibility index (Phi) is 5.29. The van der Waals surface area contributed by atoms with Gasteiger partial charge in [0.2, 0.25) is 10.0 Å². The van der Waals surface area contributed by atoms with Gasteiger partial charge in [0.25, 0.3) is 0 Å². The van der Waals surface area contributed by atoms with E-state index in [1.807, 2.05) is 0 Å². The van der Waals surface area contributed by atoms with Gasteiger partial charge in [-0.05, 0) is 55.3 Å². The number of fused-ring (bicyclic) bond motifs is 1. The zero-order valence-corrected chi connectivity index (χ0v) is 16.4. The number of pyridine rings is 1. The SMILES string of the molecule is O=C(OCc1ccc(F)c2cccnc12)c1ccc(S(=O)(=O)N2CCCC2)cc1. The van der Waals surface area contributed by atoms with E-state index in [4.69, 9.17) is 4.74 Å². The van der Waals surface area contributed by atoms with Gasteiger partial charge in [0.1, 0.15) is 12.4 Å². The maximum Gasteiger partial charge on any atom is 0.338 e. The molecule has 6 nitrogen and oxygen atoms in total. The van der Waals surface area contributed by atoms with E-state index < -0.39 is 21.8 Å². The van der Waals surface area contributed by atoms with Gasteiger partial charge in [0.15, 0.2) is 0 Å². The van der Waals surface area contributed by atoms with Crippen LogP contribution in [-0.4, -0.2) is 36.8 Å². The molecular formula is C21H19FN2O4S. The van der Waals surface area contributed by atoms with Gasteiger partial charge in [-0.3, -0.25) is 4.98 Å². The number of hydrogen-bond donors (Lipinski definition) is 0. The number of sulfonamides is 1. The summed E-state index contributed by atoms with van der Waals surface area (Å²) in [5.74, 6) is -0.985. The summed E-state index contributed by atoms with van der Waals surface area (Å²) in [6.07, 6.45) is 3.26. The number of aromatic nitrogens is 1. The van der Waals surface area contributed by atoms with E-state index in [0.717, 1.165) is 12.8 Å². The minimum absolute atomic E-state index is 0.0690. The number of benzene rings is 2. The summed E-state index contributed by atoms with van der Waals surface area (Å²) in [5, 5.41) is 0.359. The fourth-order valence-corrected chi connectivity index (χ4v) is 4.90. The number of rotatable bonds is 5. The van der Waals surface area contributed by atoms with E-state index in [2.05, 4.69) is 4.98 Å². The van der Waals surface area contributed by atoms with Crippen molar-refractivity contribution < 1.29 is 22.3 Å². The molecule has 4 rings (SSSR count). The molecule has 0 amide bonds. The van der Waals surface area contributed by atoms with Gasteiger partial charge in [-0.2, -0.15) is 4.31 Å². The second-order valence-corrected chi connectivity index (χ2v) is 8.76. The summed E-state index contributed by atoms with van der Waals surface area (Å²) in [7, 11) is -3.53. The van der Waals surface area contributed by atoms with Gasteiger partial charge in [0.05, 0.1) is 16.0 Å². The molecule has 0 bridgehead atoms. The van der Waals surface area contributed by atoms with Crippen LogP contribution >= 0.6 is 0 Å². The van der Waals surface area contributed by atoms with E-state index in [1.165, 1.54) is 40.7 Å². The Morgan fingerprint density at radius 2 is 1.79 bits per heavy atom. The van der Waals surface area contributed by atoms with Gasteiger partial charge < -0.3 is 4.74 Å². The lowest BCUT2D eigenvalue weighted by molar-refractivity contribution is 0.0474. The summed E-state index contributed by atoms with van der Waals surface area (Å²) in [5.41, 5.74) is 1.26. The largest absolute Gasteiger partial charge is 0.457 e. The molecule has 2 heterocycles. The molecule has 1 aliphatic heterocycles. The minimum Gasteiger partial charge on any atom is -0.457 e. The smallest absolute Gasteiger partial charge is 0.338 e. The summed E-state index contributed by atoms with van der Waals surface area (Å²) < 4.78 is 45.8. The summed E-state index contributed by atoms with van der Waals surface area (Å²) in [6.45, 7) is 0.970. The third-order valence-electron chi connectivity index (χ3n) is 4.95. The number of carbonyl (C=O) groups excluding carboxylic acids is 1. The Balaban J connectivity index is 1.48. The average molecular weight is 414 g/mol. The van der Waals surface area contributed by atoms with Crippen LogP contribution in [0.4, 0.5) is 4.39 Å². The summed E-state index contributed by atoms with van der Waals surface area (Å²) in [6, 6.07) is 11.8. The highest BCUT2D eigenvalue weighted by Gasteiger charge is 2.27. The number of carbonyl (C=O) groups is 1. The fourth-order valence-electron chi connectivity index (χ4n) is 3.38. The number of ether oxygens (including phenoxy) is 1.